The van der Waals surface area contributed by atoms with Gasteiger partial charge < -0.3 is 14.4 Å². The highest BCUT2D eigenvalue weighted by molar-refractivity contribution is 6.36. The monoisotopic (exact) mass is 619 g/mol. The Morgan fingerprint density at radius 2 is 1.57 bits per heavy atom. The third-order valence-corrected chi connectivity index (χ3v) is 7.78. The van der Waals surface area contributed by atoms with E-state index in [-0.39, 0.29) is 31.0 Å². The number of para-hydroxylation sites is 1. The highest BCUT2D eigenvalue weighted by Gasteiger charge is 2.76. The van der Waals surface area contributed by atoms with Crippen LogP contribution in [0.3, 0.4) is 0 Å². The second kappa shape index (κ2) is 12.1. The zero-order valence-corrected chi connectivity index (χ0v) is 26.3. The summed E-state index contributed by atoms with van der Waals surface area (Å²) in [5, 5.41) is 30.4. The number of ether oxygens (including phenoxy) is 2. The van der Waals surface area contributed by atoms with Crippen LogP contribution in [0.15, 0.2) is 76.9 Å². The Morgan fingerprint density at radius 1 is 0.935 bits per heavy atom. The van der Waals surface area contributed by atoms with Crippen LogP contribution in [0.1, 0.15) is 51.4 Å². The third-order valence-electron chi connectivity index (χ3n) is 7.78. The van der Waals surface area contributed by atoms with Gasteiger partial charge >= 0.3 is 11.9 Å². The number of rotatable bonds is 8. The number of fused-ring (bicyclic) bond motifs is 2. The summed E-state index contributed by atoms with van der Waals surface area (Å²) in [6, 6.07) is 20.3. The van der Waals surface area contributed by atoms with E-state index in [1.165, 1.54) is 4.90 Å². The first-order valence-corrected chi connectivity index (χ1v) is 14.9. The summed E-state index contributed by atoms with van der Waals surface area (Å²) < 4.78 is 12.4. The molecular formula is C34H33N7O5. The Balaban J connectivity index is 1.77. The number of aliphatic imine (C=N–C) groups is 1. The quantitative estimate of drug-likeness (QED) is 0.341. The molecule has 0 bridgehead atoms. The number of carbonyl (C=O) groups excluding carboxylic acids is 3. The molecule has 1 unspecified atom stereocenters. The molecule has 2 heterocycles. The molecule has 0 saturated heterocycles. The van der Waals surface area contributed by atoms with Gasteiger partial charge in [0.2, 0.25) is 11.3 Å². The van der Waals surface area contributed by atoms with E-state index < -0.39 is 45.4 Å². The molecular weight excluding hydrogens is 586 g/mol. The summed E-state index contributed by atoms with van der Waals surface area (Å²) in [6.45, 7) is 8.47. The molecule has 5 rings (SSSR count). The van der Waals surface area contributed by atoms with Crippen molar-refractivity contribution in [3.05, 3.63) is 88.8 Å². The van der Waals surface area contributed by atoms with Gasteiger partial charge in [0, 0.05) is 5.69 Å². The largest absolute Gasteiger partial charge is 0.463 e. The van der Waals surface area contributed by atoms with Gasteiger partial charge in [-0.05, 0) is 51.8 Å². The van der Waals surface area contributed by atoms with Crippen LogP contribution in [0.25, 0.3) is 0 Å². The minimum Gasteiger partial charge on any atom is -0.463 e. The molecule has 12 nitrogen and oxygen atoms in total. The maximum atomic E-state index is 15.1. The van der Waals surface area contributed by atoms with E-state index in [2.05, 4.69) is 15.3 Å². The van der Waals surface area contributed by atoms with Gasteiger partial charge in [-0.3, -0.25) is 9.79 Å². The molecule has 0 radical (unpaired) electrons. The molecule has 1 amide bonds. The lowest BCUT2D eigenvalue weighted by Crippen LogP contribution is -2.54. The van der Waals surface area contributed by atoms with Gasteiger partial charge in [-0.15, -0.1) is 5.10 Å². The molecule has 46 heavy (non-hydrogen) atoms. The molecule has 12 heteroatoms. The Labute approximate surface area is 266 Å². The first kappa shape index (κ1) is 31.8. The SMILES string of the molecule is CCOC(=O)C1=C(C(=O)OCC)C2(C(=O)N(Cc3cn(Cc4ccccc4)nn3)c3ccccc32)C(C#N)(C#N)C1=NC(C)(C)C. The number of amides is 1. The van der Waals surface area contributed by atoms with Gasteiger partial charge in [0.15, 0.2) is 0 Å². The number of aromatic nitrogens is 3. The number of hydrogen-bond acceptors (Lipinski definition) is 10. The van der Waals surface area contributed by atoms with Crippen molar-refractivity contribution >= 4 is 29.2 Å². The number of hydrogen-bond donors (Lipinski definition) is 0. The summed E-state index contributed by atoms with van der Waals surface area (Å²) in [6.07, 6.45) is 1.70. The average Bonchev–Trinajstić information content (AvgIpc) is 3.64. The first-order valence-electron chi connectivity index (χ1n) is 14.9. The second-order valence-electron chi connectivity index (χ2n) is 11.8. The summed E-state index contributed by atoms with van der Waals surface area (Å²) in [7, 11) is 0. The highest BCUT2D eigenvalue weighted by Crippen LogP contribution is 2.62. The lowest BCUT2D eigenvalue weighted by atomic mass is 9.60. The molecule has 1 aliphatic carbocycles. The van der Waals surface area contributed by atoms with Gasteiger partial charge in [0.1, 0.15) is 11.1 Å². The van der Waals surface area contributed by atoms with Crippen molar-refractivity contribution in [1.29, 1.82) is 10.5 Å². The fourth-order valence-electron chi connectivity index (χ4n) is 6.13. The number of nitrogens with zero attached hydrogens (tertiary/aromatic N) is 7. The Hall–Kier alpha value is -5.62. The predicted molar refractivity (Wildman–Crippen MR) is 166 cm³/mol. The van der Waals surface area contributed by atoms with Crippen molar-refractivity contribution in [1.82, 2.24) is 15.0 Å². The van der Waals surface area contributed by atoms with Crippen molar-refractivity contribution in [3.8, 4) is 12.1 Å². The molecule has 2 aliphatic rings. The summed E-state index contributed by atoms with van der Waals surface area (Å²) >= 11 is 0. The number of benzene rings is 2. The number of nitriles is 2. The minimum absolute atomic E-state index is 0.0738. The molecule has 0 saturated carbocycles. The summed E-state index contributed by atoms with van der Waals surface area (Å²) in [4.78, 5) is 48.9. The van der Waals surface area contributed by atoms with Gasteiger partial charge in [0.25, 0.3) is 0 Å². The fraction of sp³-hybridized carbons (Fsp3) is 0.353. The van der Waals surface area contributed by atoms with Crippen LogP contribution in [0.2, 0.25) is 0 Å². The highest BCUT2D eigenvalue weighted by atomic mass is 16.5. The number of esters is 2. The maximum absolute atomic E-state index is 15.1. The van der Waals surface area contributed by atoms with Crippen LogP contribution in [0.5, 0.6) is 0 Å². The molecule has 2 aromatic carbocycles. The van der Waals surface area contributed by atoms with Crippen LogP contribution >= 0.6 is 0 Å². The Kier molecular flexibility index (Phi) is 8.33. The molecule has 234 valence electrons. The van der Waals surface area contributed by atoms with Gasteiger partial charge in [-0.2, -0.15) is 10.5 Å². The zero-order valence-electron chi connectivity index (χ0n) is 26.3. The first-order chi connectivity index (χ1) is 22.0. The molecule has 1 aliphatic heterocycles. The molecule has 1 atom stereocenters. The Morgan fingerprint density at radius 3 is 2.20 bits per heavy atom. The van der Waals surface area contributed by atoms with Gasteiger partial charge in [0.05, 0.1) is 67.0 Å². The van der Waals surface area contributed by atoms with E-state index in [1.54, 1.807) is 69.8 Å². The van der Waals surface area contributed by atoms with E-state index in [4.69, 9.17) is 9.47 Å². The third kappa shape index (κ3) is 4.92. The number of carbonyl (C=O) groups is 3. The molecule has 1 aromatic heterocycles. The van der Waals surface area contributed by atoms with Crippen LogP contribution in [-0.2, 0) is 42.4 Å². The lowest BCUT2D eigenvalue weighted by Gasteiger charge is -2.34. The second-order valence-corrected chi connectivity index (χ2v) is 11.8. The zero-order chi connectivity index (χ0) is 33.3. The van der Waals surface area contributed by atoms with Gasteiger partial charge in [-0.1, -0.05) is 53.7 Å². The van der Waals surface area contributed by atoms with E-state index >= 15 is 4.79 Å². The van der Waals surface area contributed by atoms with Crippen molar-refractivity contribution in [2.24, 2.45) is 10.4 Å². The van der Waals surface area contributed by atoms with Crippen molar-refractivity contribution in [2.45, 2.75) is 58.7 Å². The van der Waals surface area contributed by atoms with E-state index in [9.17, 15) is 20.1 Å². The maximum Gasteiger partial charge on any atom is 0.340 e. The molecule has 0 N–H and O–H groups in total. The van der Waals surface area contributed by atoms with Crippen molar-refractivity contribution < 1.29 is 23.9 Å². The smallest absolute Gasteiger partial charge is 0.340 e. The molecule has 3 aromatic rings. The van der Waals surface area contributed by atoms with Crippen molar-refractivity contribution in [3.63, 3.8) is 0 Å². The van der Waals surface area contributed by atoms with Crippen molar-refractivity contribution in [2.75, 3.05) is 18.1 Å². The van der Waals surface area contributed by atoms with E-state index in [0.717, 1.165) is 5.56 Å². The molecule has 1 spiro atoms. The fourth-order valence-corrected chi connectivity index (χ4v) is 6.13. The summed E-state index contributed by atoms with van der Waals surface area (Å²) in [5.74, 6) is -2.80. The normalized spacial score (nSPS) is 19.2. The molecule has 0 fully saturated rings. The van der Waals surface area contributed by atoms with Gasteiger partial charge in [-0.25, -0.2) is 14.3 Å². The standard InChI is InChI=1S/C34H33N7O5/c1-6-45-29(42)26-27(30(43)46-7-2)34(33(20-35,21-36)28(26)37-32(3,4)5)24-15-11-12-16-25(24)41(31(34)44)19-23-18-40(39-38-23)17-22-13-9-8-10-14-22/h8-16,18H,6-7,17,19H2,1-5H3. The average molecular weight is 620 g/mol. The Bertz CT molecular complexity index is 1840. The van der Waals surface area contributed by atoms with Crippen LogP contribution in [0.4, 0.5) is 5.69 Å². The van der Waals surface area contributed by atoms with Crippen LogP contribution < -0.4 is 4.90 Å². The van der Waals surface area contributed by atoms with E-state index in [0.29, 0.717) is 17.9 Å². The lowest BCUT2D eigenvalue weighted by molar-refractivity contribution is -0.142. The summed E-state index contributed by atoms with van der Waals surface area (Å²) in [5.41, 5.74) is -4.94. The minimum atomic E-state index is -2.45. The number of anilines is 1. The van der Waals surface area contributed by atoms with Crippen LogP contribution in [0, 0.1) is 28.1 Å². The topological polar surface area (TPSA) is 164 Å². The van der Waals surface area contributed by atoms with Crippen LogP contribution in [-0.4, -0.2) is 57.3 Å². The predicted octanol–water partition coefficient (Wildman–Crippen LogP) is 3.82. The van der Waals surface area contributed by atoms with E-state index in [1.807, 2.05) is 42.5 Å².